The molecule has 0 bridgehead atoms. The Bertz CT molecular complexity index is 523. The Morgan fingerprint density at radius 3 is 2.00 bits per heavy atom. The molecule has 158 valence electrons. The van der Waals surface area contributed by atoms with Crippen molar-refractivity contribution in [3.8, 4) is 0 Å². The third kappa shape index (κ3) is 11.4. The van der Waals surface area contributed by atoms with Crippen molar-refractivity contribution < 1.29 is 23.9 Å². The van der Waals surface area contributed by atoms with Gasteiger partial charge in [0.2, 0.25) is 0 Å². The molecule has 0 aliphatic heterocycles. The van der Waals surface area contributed by atoms with E-state index in [1.807, 2.05) is 20.1 Å². The summed E-state index contributed by atoms with van der Waals surface area (Å²) < 4.78 is 10.7. The molecular formula is C20H37NO5S. The van der Waals surface area contributed by atoms with Gasteiger partial charge in [-0.2, -0.15) is 11.8 Å². The second kappa shape index (κ2) is 10.5. The molecule has 0 aliphatic rings. The molecule has 0 fully saturated rings. The number of carbonyl (C=O) groups excluding carboxylic acids is 3. The minimum Gasteiger partial charge on any atom is -0.460 e. The fourth-order valence-corrected chi connectivity index (χ4v) is 2.92. The predicted octanol–water partition coefficient (Wildman–Crippen LogP) is 3.50. The molecule has 1 atom stereocenters. The molecule has 0 amide bonds. The highest BCUT2D eigenvalue weighted by Crippen LogP contribution is 2.30. The summed E-state index contributed by atoms with van der Waals surface area (Å²) >= 11 is 1.51. The van der Waals surface area contributed by atoms with Gasteiger partial charge in [0.1, 0.15) is 23.0 Å². The van der Waals surface area contributed by atoms with Gasteiger partial charge in [-0.3, -0.25) is 14.4 Å². The molecule has 0 aromatic rings. The molecule has 0 heterocycles. The molecule has 7 heteroatoms. The predicted molar refractivity (Wildman–Crippen MR) is 110 cm³/mol. The molecule has 0 radical (unpaired) electrons. The zero-order valence-electron chi connectivity index (χ0n) is 18.1. The maximum absolute atomic E-state index is 12.2. The highest BCUT2D eigenvalue weighted by Gasteiger charge is 2.32. The smallest absolute Gasteiger partial charge is 0.323 e. The standard InChI is InChI=1S/C20H37NO5S/c1-18(2,3)25-16(23)10-9-14(21)17(24)26-20(6,7)12-11-19(4,5)15(22)13-27-8/h14H,9-13,21H2,1-8H3. The zero-order chi connectivity index (χ0) is 21.5. The maximum atomic E-state index is 12.2. The lowest BCUT2D eigenvalue weighted by molar-refractivity contribution is -0.160. The fraction of sp³-hybridized carbons (Fsp3) is 0.850. The summed E-state index contributed by atoms with van der Waals surface area (Å²) in [5.74, 6) is -0.273. The summed E-state index contributed by atoms with van der Waals surface area (Å²) in [7, 11) is 0. The van der Waals surface area contributed by atoms with Crippen LogP contribution < -0.4 is 5.73 Å². The first-order chi connectivity index (χ1) is 12.1. The van der Waals surface area contributed by atoms with Gasteiger partial charge in [0.15, 0.2) is 0 Å². The Morgan fingerprint density at radius 2 is 1.52 bits per heavy atom. The van der Waals surface area contributed by atoms with E-state index in [-0.39, 0.29) is 24.6 Å². The Kier molecular flexibility index (Phi) is 10.0. The van der Waals surface area contributed by atoms with E-state index in [0.29, 0.717) is 18.6 Å². The Hall–Kier alpha value is -1.08. The van der Waals surface area contributed by atoms with Crippen molar-refractivity contribution >= 4 is 29.5 Å². The van der Waals surface area contributed by atoms with E-state index in [2.05, 4.69) is 0 Å². The summed E-state index contributed by atoms with van der Waals surface area (Å²) in [6.45, 7) is 12.8. The van der Waals surface area contributed by atoms with E-state index >= 15 is 0 Å². The third-order valence-electron chi connectivity index (χ3n) is 4.14. The van der Waals surface area contributed by atoms with Gasteiger partial charge in [0.05, 0.1) is 5.75 Å². The Balaban J connectivity index is 4.52. The molecule has 2 N–H and O–H groups in total. The Labute approximate surface area is 168 Å². The highest BCUT2D eigenvalue weighted by atomic mass is 32.2. The Morgan fingerprint density at radius 1 is 0.963 bits per heavy atom. The lowest BCUT2D eigenvalue weighted by Gasteiger charge is -2.31. The van der Waals surface area contributed by atoms with Gasteiger partial charge in [-0.1, -0.05) is 13.8 Å². The summed E-state index contributed by atoms with van der Waals surface area (Å²) in [5.41, 5.74) is 4.10. The third-order valence-corrected chi connectivity index (χ3v) is 4.69. The van der Waals surface area contributed by atoms with Crippen LogP contribution in [0.2, 0.25) is 0 Å². The van der Waals surface area contributed by atoms with Crippen molar-refractivity contribution in [2.75, 3.05) is 12.0 Å². The van der Waals surface area contributed by atoms with Crippen LogP contribution in [-0.2, 0) is 23.9 Å². The zero-order valence-corrected chi connectivity index (χ0v) is 19.0. The van der Waals surface area contributed by atoms with Gasteiger partial charge in [0.25, 0.3) is 0 Å². The molecule has 0 aromatic heterocycles. The van der Waals surface area contributed by atoms with Crippen molar-refractivity contribution in [1.29, 1.82) is 0 Å². The quantitative estimate of drug-likeness (QED) is 0.527. The number of thioether (sulfide) groups is 1. The largest absolute Gasteiger partial charge is 0.460 e. The molecule has 1 unspecified atom stereocenters. The first kappa shape index (κ1) is 25.9. The van der Waals surface area contributed by atoms with Crippen LogP contribution in [-0.4, -0.2) is 47.0 Å². The normalized spacial score (nSPS) is 13.8. The van der Waals surface area contributed by atoms with E-state index in [0.717, 1.165) is 0 Å². The van der Waals surface area contributed by atoms with Crippen molar-refractivity contribution in [3.05, 3.63) is 0 Å². The van der Waals surface area contributed by atoms with Gasteiger partial charge in [0, 0.05) is 11.8 Å². The van der Waals surface area contributed by atoms with Gasteiger partial charge < -0.3 is 15.2 Å². The second-order valence-electron chi connectivity index (χ2n) is 9.15. The van der Waals surface area contributed by atoms with Crippen LogP contribution in [0, 0.1) is 5.41 Å². The monoisotopic (exact) mass is 403 g/mol. The van der Waals surface area contributed by atoms with Gasteiger partial charge in [-0.25, -0.2) is 0 Å². The maximum Gasteiger partial charge on any atom is 0.323 e. The molecule has 27 heavy (non-hydrogen) atoms. The molecule has 0 saturated heterocycles. The summed E-state index contributed by atoms with van der Waals surface area (Å²) in [6.07, 6.45) is 3.29. The fourth-order valence-electron chi connectivity index (χ4n) is 2.26. The molecule has 0 rings (SSSR count). The highest BCUT2D eigenvalue weighted by molar-refractivity contribution is 7.99. The lowest BCUT2D eigenvalue weighted by Crippen LogP contribution is -2.40. The minimum atomic E-state index is -0.886. The van der Waals surface area contributed by atoms with E-state index < -0.39 is 28.6 Å². The van der Waals surface area contributed by atoms with Gasteiger partial charge in [-0.15, -0.1) is 0 Å². The van der Waals surface area contributed by atoms with E-state index in [1.165, 1.54) is 11.8 Å². The first-order valence-electron chi connectivity index (χ1n) is 9.32. The van der Waals surface area contributed by atoms with Crippen LogP contribution in [0.1, 0.15) is 74.1 Å². The van der Waals surface area contributed by atoms with E-state index in [1.54, 1.807) is 34.6 Å². The van der Waals surface area contributed by atoms with Crippen molar-refractivity contribution in [2.45, 2.75) is 91.4 Å². The second-order valence-corrected chi connectivity index (χ2v) is 10.0. The van der Waals surface area contributed by atoms with E-state index in [4.69, 9.17) is 15.2 Å². The molecule has 6 nitrogen and oxygen atoms in total. The summed E-state index contributed by atoms with van der Waals surface area (Å²) in [6, 6.07) is -0.886. The van der Waals surface area contributed by atoms with Gasteiger partial charge >= 0.3 is 11.9 Å². The number of ether oxygens (including phenoxy) is 2. The van der Waals surface area contributed by atoms with Crippen molar-refractivity contribution in [3.63, 3.8) is 0 Å². The topological polar surface area (TPSA) is 95.7 Å². The molecular weight excluding hydrogens is 366 g/mol. The van der Waals surface area contributed by atoms with Crippen LogP contribution in [0.5, 0.6) is 0 Å². The molecule has 0 spiro atoms. The first-order valence-corrected chi connectivity index (χ1v) is 10.7. The average Bonchev–Trinajstić information content (AvgIpc) is 2.49. The van der Waals surface area contributed by atoms with Gasteiger partial charge in [-0.05, 0) is 60.1 Å². The molecule has 0 aliphatic carbocycles. The van der Waals surface area contributed by atoms with Crippen LogP contribution in [0.15, 0.2) is 0 Å². The summed E-state index contributed by atoms with van der Waals surface area (Å²) in [5, 5.41) is 0. The van der Waals surface area contributed by atoms with Crippen molar-refractivity contribution in [2.24, 2.45) is 11.1 Å². The number of hydrogen-bond acceptors (Lipinski definition) is 7. The van der Waals surface area contributed by atoms with Crippen LogP contribution in [0.3, 0.4) is 0 Å². The number of Topliss-reactive ketones (excluding diaryl/α,β-unsaturated/α-hetero) is 1. The number of nitrogens with two attached hydrogens (primary N) is 1. The van der Waals surface area contributed by atoms with Crippen LogP contribution >= 0.6 is 11.8 Å². The van der Waals surface area contributed by atoms with Crippen LogP contribution in [0.25, 0.3) is 0 Å². The number of carbonyl (C=O) groups is 3. The number of rotatable bonds is 11. The average molecular weight is 404 g/mol. The number of esters is 2. The summed E-state index contributed by atoms with van der Waals surface area (Å²) in [4.78, 5) is 36.2. The SMILES string of the molecule is CSCC(=O)C(C)(C)CCC(C)(C)OC(=O)C(N)CCC(=O)OC(C)(C)C. The minimum absolute atomic E-state index is 0.0597. The molecule has 0 saturated carbocycles. The molecule has 0 aromatic carbocycles. The van der Waals surface area contributed by atoms with E-state index in [9.17, 15) is 14.4 Å². The van der Waals surface area contributed by atoms with Crippen LogP contribution in [0.4, 0.5) is 0 Å². The lowest BCUT2D eigenvalue weighted by atomic mass is 9.81. The number of ketones is 1. The number of hydrogen-bond donors (Lipinski definition) is 1. The van der Waals surface area contributed by atoms with Crippen molar-refractivity contribution in [1.82, 2.24) is 0 Å².